The normalized spacial score (nSPS) is 16.0. The summed E-state index contributed by atoms with van der Waals surface area (Å²) >= 11 is 0. The third kappa shape index (κ3) is 4.09. The van der Waals surface area contributed by atoms with Crippen molar-refractivity contribution in [1.82, 2.24) is 9.80 Å². The Hall–Kier alpha value is -1.82. The molecule has 5 nitrogen and oxygen atoms in total. The first kappa shape index (κ1) is 14.6. The summed E-state index contributed by atoms with van der Waals surface area (Å²) in [7, 11) is 1.39. The second kappa shape index (κ2) is 7.09. The molecule has 0 spiro atoms. The van der Waals surface area contributed by atoms with Gasteiger partial charge in [0, 0.05) is 32.7 Å². The molecule has 0 aromatic heterocycles. The van der Waals surface area contributed by atoms with Crippen LogP contribution in [0.1, 0.15) is 0 Å². The number of amides is 1. The van der Waals surface area contributed by atoms with E-state index in [0.717, 1.165) is 19.6 Å². The molecule has 6 heteroatoms. The average Bonchev–Trinajstić information content (AvgIpc) is 2.49. The molecule has 0 aliphatic carbocycles. The lowest BCUT2D eigenvalue weighted by atomic mass is 10.3. The van der Waals surface area contributed by atoms with Crippen LogP contribution in [0.2, 0.25) is 0 Å². The number of halogens is 1. The maximum Gasteiger partial charge on any atom is 0.409 e. The Kier molecular flexibility index (Phi) is 5.17. The van der Waals surface area contributed by atoms with E-state index in [4.69, 9.17) is 4.74 Å². The van der Waals surface area contributed by atoms with Gasteiger partial charge in [-0.1, -0.05) is 0 Å². The molecule has 1 saturated heterocycles. The van der Waals surface area contributed by atoms with E-state index in [0.29, 0.717) is 25.4 Å². The first-order valence-electron chi connectivity index (χ1n) is 6.62. The van der Waals surface area contributed by atoms with Crippen LogP contribution in [0.15, 0.2) is 24.3 Å². The van der Waals surface area contributed by atoms with Gasteiger partial charge < -0.3 is 14.4 Å². The van der Waals surface area contributed by atoms with Crippen molar-refractivity contribution in [1.29, 1.82) is 0 Å². The number of carbonyl (C=O) groups is 1. The number of carbonyl (C=O) groups excluding carboxylic acids is 1. The molecule has 0 saturated carbocycles. The molecule has 1 aromatic carbocycles. The van der Waals surface area contributed by atoms with Gasteiger partial charge in [-0.05, 0) is 24.3 Å². The van der Waals surface area contributed by atoms with E-state index in [1.807, 2.05) is 0 Å². The van der Waals surface area contributed by atoms with Crippen molar-refractivity contribution < 1.29 is 18.7 Å². The van der Waals surface area contributed by atoms with Crippen LogP contribution >= 0.6 is 0 Å². The van der Waals surface area contributed by atoms with Crippen LogP contribution in [0.4, 0.5) is 9.18 Å². The monoisotopic (exact) mass is 282 g/mol. The minimum absolute atomic E-state index is 0.267. The molecular formula is C14H19FN2O3. The van der Waals surface area contributed by atoms with Crippen LogP contribution in [0.5, 0.6) is 5.75 Å². The van der Waals surface area contributed by atoms with Gasteiger partial charge in [0.15, 0.2) is 0 Å². The second-order valence-electron chi connectivity index (χ2n) is 4.60. The molecule has 1 aliphatic heterocycles. The van der Waals surface area contributed by atoms with Gasteiger partial charge in [0.25, 0.3) is 0 Å². The van der Waals surface area contributed by atoms with Crippen LogP contribution in [0, 0.1) is 5.82 Å². The van der Waals surface area contributed by atoms with Crippen molar-refractivity contribution in [3.63, 3.8) is 0 Å². The quantitative estimate of drug-likeness (QED) is 0.841. The molecule has 0 unspecified atom stereocenters. The van der Waals surface area contributed by atoms with E-state index in [9.17, 15) is 9.18 Å². The van der Waals surface area contributed by atoms with Crippen molar-refractivity contribution in [2.24, 2.45) is 0 Å². The molecule has 1 aromatic rings. The van der Waals surface area contributed by atoms with Crippen molar-refractivity contribution in [2.45, 2.75) is 0 Å². The molecule has 1 amide bonds. The summed E-state index contributed by atoms with van der Waals surface area (Å²) in [6, 6.07) is 5.99. The summed E-state index contributed by atoms with van der Waals surface area (Å²) in [5.74, 6) is 0.399. The summed E-state index contributed by atoms with van der Waals surface area (Å²) in [5.41, 5.74) is 0. The zero-order valence-corrected chi connectivity index (χ0v) is 11.5. The van der Waals surface area contributed by atoms with Crippen molar-refractivity contribution in [2.75, 3.05) is 46.4 Å². The Morgan fingerprint density at radius 2 is 1.85 bits per heavy atom. The Balaban J connectivity index is 1.66. The van der Waals surface area contributed by atoms with Crippen molar-refractivity contribution in [3.05, 3.63) is 30.1 Å². The van der Waals surface area contributed by atoms with Gasteiger partial charge in [-0.3, -0.25) is 4.90 Å². The molecule has 0 N–H and O–H groups in total. The summed E-state index contributed by atoms with van der Waals surface area (Å²) in [4.78, 5) is 15.2. The average molecular weight is 282 g/mol. The smallest absolute Gasteiger partial charge is 0.409 e. The van der Waals surface area contributed by atoms with E-state index >= 15 is 0 Å². The van der Waals surface area contributed by atoms with E-state index in [1.54, 1.807) is 17.0 Å². The number of methoxy groups -OCH3 is 1. The minimum atomic E-state index is -0.271. The maximum absolute atomic E-state index is 12.7. The fourth-order valence-corrected chi connectivity index (χ4v) is 2.11. The number of ether oxygens (including phenoxy) is 2. The Labute approximate surface area is 117 Å². The number of piperazine rings is 1. The highest BCUT2D eigenvalue weighted by atomic mass is 19.1. The van der Waals surface area contributed by atoms with Crippen LogP contribution in [0.3, 0.4) is 0 Å². The van der Waals surface area contributed by atoms with Crippen LogP contribution in [0.25, 0.3) is 0 Å². The second-order valence-corrected chi connectivity index (χ2v) is 4.60. The summed E-state index contributed by atoms with van der Waals surface area (Å²) < 4.78 is 23.0. The molecule has 0 radical (unpaired) electrons. The molecular weight excluding hydrogens is 263 g/mol. The van der Waals surface area contributed by atoms with Crippen molar-refractivity contribution >= 4 is 6.09 Å². The van der Waals surface area contributed by atoms with E-state index in [1.165, 1.54) is 19.2 Å². The summed E-state index contributed by atoms with van der Waals surface area (Å²) in [5, 5.41) is 0. The molecule has 1 heterocycles. The van der Waals surface area contributed by atoms with Gasteiger partial charge in [0.2, 0.25) is 0 Å². The Morgan fingerprint density at radius 1 is 1.20 bits per heavy atom. The van der Waals surface area contributed by atoms with Gasteiger partial charge >= 0.3 is 6.09 Å². The predicted molar refractivity (Wildman–Crippen MR) is 72.3 cm³/mol. The van der Waals surface area contributed by atoms with Gasteiger partial charge in [-0.25, -0.2) is 9.18 Å². The molecule has 1 aliphatic rings. The van der Waals surface area contributed by atoms with E-state index in [-0.39, 0.29) is 11.9 Å². The third-order valence-electron chi connectivity index (χ3n) is 3.29. The SMILES string of the molecule is COC(=O)N1CCN(CCOc2ccc(F)cc2)CC1. The first-order chi connectivity index (χ1) is 9.69. The highest BCUT2D eigenvalue weighted by Crippen LogP contribution is 2.11. The molecule has 2 rings (SSSR count). The molecule has 0 atom stereocenters. The van der Waals surface area contributed by atoms with Gasteiger partial charge in [-0.2, -0.15) is 0 Å². The van der Waals surface area contributed by atoms with Crippen LogP contribution < -0.4 is 4.74 Å². The number of nitrogens with zero attached hydrogens (tertiary/aromatic N) is 2. The number of rotatable bonds is 4. The number of hydrogen-bond donors (Lipinski definition) is 0. The van der Waals surface area contributed by atoms with Crippen LogP contribution in [-0.2, 0) is 4.74 Å². The minimum Gasteiger partial charge on any atom is -0.492 e. The maximum atomic E-state index is 12.7. The fourth-order valence-electron chi connectivity index (χ4n) is 2.11. The van der Waals surface area contributed by atoms with Crippen LogP contribution in [-0.4, -0.2) is 62.3 Å². The highest BCUT2D eigenvalue weighted by Gasteiger charge is 2.20. The van der Waals surface area contributed by atoms with E-state index < -0.39 is 0 Å². The molecule has 0 bridgehead atoms. The van der Waals surface area contributed by atoms with Gasteiger partial charge in [0.1, 0.15) is 18.2 Å². The standard InChI is InChI=1S/C14H19FN2O3/c1-19-14(18)17-8-6-16(7-9-17)10-11-20-13-4-2-12(15)3-5-13/h2-5H,6-11H2,1H3. The lowest BCUT2D eigenvalue weighted by Crippen LogP contribution is -2.49. The Bertz CT molecular complexity index is 431. The largest absolute Gasteiger partial charge is 0.492 e. The van der Waals surface area contributed by atoms with Gasteiger partial charge in [0.05, 0.1) is 7.11 Å². The number of benzene rings is 1. The molecule has 20 heavy (non-hydrogen) atoms. The zero-order valence-electron chi connectivity index (χ0n) is 11.5. The molecule has 110 valence electrons. The predicted octanol–water partition coefficient (Wildman–Crippen LogP) is 1.59. The lowest BCUT2D eigenvalue weighted by molar-refractivity contribution is 0.0860. The highest BCUT2D eigenvalue weighted by molar-refractivity contribution is 5.67. The first-order valence-corrected chi connectivity index (χ1v) is 6.62. The van der Waals surface area contributed by atoms with Crippen molar-refractivity contribution in [3.8, 4) is 5.75 Å². The summed E-state index contributed by atoms with van der Waals surface area (Å²) in [6.07, 6.45) is -0.271. The lowest BCUT2D eigenvalue weighted by Gasteiger charge is -2.33. The fraction of sp³-hybridized carbons (Fsp3) is 0.500. The number of hydrogen-bond acceptors (Lipinski definition) is 4. The zero-order chi connectivity index (χ0) is 14.4. The van der Waals surface area contributed by atoms with Gasteiger partial charge in [-0.15, -0.1) is 0 Å². The van der Waals surface area contributed by atoms with E-state index in [2.05, 4.69) is 9.64 Å². The topological polar surface area (TPSA) is 42.0 Å². The molecule has 1 fully saturated rings. The third-order valence-corrected chi connectivity index (χ3v) is 3.29. The summed E-state index contributed by atoms with van der Waals surface area (Å²) in [6.45, 7) is 4.28. The Morgan fingerprint density at radius 3 is 2.45 bits per heavy atom.